The van der Waals surface area contributed by atoms with Crippen LogP contribution in [0.2, 0.25) is 0 Å². The lowest BCUT2D eigenvalue weighted by molar-refractivity contribution is -0.143. The van der Waals surface area contributed by atoms with Gasteiger partial charge in [0.05, 0.1) is 30.0 Å². The normalized spacial score (nSPS) is 18.4. The van der Waals surface area contributed by atoms with Gasteiger partial charge < -0.3 is 19.5 Å². The van der Waals surface area contributed by atoms with Crippen LogP contribution in [0.25, 0.3) is 11.4 Å². The number of amides is 1. The first-order chi connectivity index (χ1) is 15.9. The van der Waals surface area contributed by atoms with Crippen LogP contribution in [0.4, 0.5) is 13.6 Å². The highest BCUT2D eigenvalue weighted by molar-refractivity contribution is 5.70. The van der Waals surface area contributed by atoms with Gasteiger partial charge in [-0.3, -0.25) is 4.79 Å². The van der Waals surface area contributed by atoms with E-state index in [0.717, 1.165) is 24.7 Å². The van der Waals surface area contributed by atoms with Gasteiger partial charge in [0.1, 0.15) is 23.7 Å². The summed E-state index contributed by atoms with van der Waals surface area (Å²) in [6, 6.07) is 3.43. The van der Waals surface area contributed by atoms with Crippen LogP contribution in [0, 0.1) is 12.8 Å². The predicted octanol–water partition coefficient (Wildman–Crippen LogP) is 3.43. The number of hydrogen-bond acceptors (Lipinski definition) is 7. The predicted molar refractivity (Wildman–Crippen MR) is 116 cm³/mol. The summed E-state index contributed by atoms with van der Waals surface area (Å²) in [4.78, 5) is 28.7. The Morgan fingerprint density at radius 2 is 2.06 bits per heavy atom. The molecule has 2 aromatic rings. The number of carboxylic acids is 1. The minimum Gasteiger partial charge on any atom is -0.489 e. The average molecular weight is 482 g/mol. The molecule has 1 aliphatic rings. The number of nitrogens with zero attached hydrogens (tertiary/aromatic N) is 5. The highest BCUT2D eigenvalue weighted by Crippen LogP contribution is 2.30. The van der Waals surface area contributed by atoms with Crippen LogP contribution in [-0.2, 0) is 23.2 Å². The average Bonchev–Trinajstić information content (AvgIpc) is 3.12. The maximum atomic E-state index is 13.2. The van der Waals surface area contributed by atoms with Crippen LogP contribution in [0.5, 0.6) is 5.75 Å². The molecule has 0 spiro atoms. The summed E-state index contributed by atoms with van der Waals surface area (Å²) in [5.74, 6) is -3.69. The van der Waals surface area contributed by atoms with Crippen LogP contribution in [-0.4, -0.2) is 67.7 Å². The molecule has 0 aromatic carbocycles. The smallest absolute Gasteiger partial charge is 0.410 e. The van der Waals surface area contributed by atoms with E-state index in [2.05, 4.69) is 15.3 Å². The first-order valence-corrected chi connectivity index (χ1v) is 11.0. The van der Waals surface area contributed by atoms with Gasteiger partial charge in [0.2, 0.25) is 0 Å². The first-order valence-electron chi connectivity index (χ1n) is 11.0. The summed E-state index contributed by atoms with van der Waals surface area (Å²) >= 11 is 0. The van der Waals surface area contributed by atoms with E-state index in [4.69, 9.17) is 9.47 Å². The van der Waals surface area contributed by atoms with Gasteiger partial charge >= 0.3 is 12.1 Å². The van der Waals surface area contributed by atoms with Gasteiger partial charge in [-0.2, -0.15) is 0 Å². The molecular formula is C22H29F2N5O5. The topological polar surface area (TPSA) is 120 Å². The number of carboxylic acid groups (broad SMARTS) is 1. The second-order valence-corrected chi connectivity index (χ2v) is 8.71. The number of aryl methyl sites for hydroxylation is 2. The Kier molecular flexibility index (Phi) is 7.68. The Morgan fingerprint density at radius 1 is 1.32 bits per heavy atom. The molecule has 3 rings (SSSR count). The van der Waals surface area contributed by atoms with Crippen LogP contribution in [0.1, 0.15) is 44.0 Å². The number of aliphatic carboxylic acids is 1. The number of aromatic nitrogens is 4. The highest BCUT2D eigenvalue weighted by atomic mass is 19.3. The number of carbonyl (C=O) groups is 2. The van der Waals surface area contributed by atoms with Gasteiger partial charge in [-0.05, 0) is 44.7 Å². The molecule has 12 heteroatoms. The molecule has 186 valence electrons. The van der Waals surface area contributed by atoms with Gasteiger partial charge in [0.25, 0.3) is 5.92 Å². The van der Waals surface area contributed by atoms with E-state index >= 15 is 0 Å². The lowest BCUT2D eigenvalue weighted by atomic mass is 9.87. The Balaban J connectivity index is 1.69. The van der Waals surface area contributed by atoms with Crippen molar-refractivity contribution >= 4 is 12.1 Å². The summed E-state index contributed by atoms with van der Waals surface area (Å²) in [5.41, 5.74) is 1.90. The van der Waals surface area contributed by atoms with E-state index in [-0.39, 0.29) is 12.7 Å². The molecule has 0 aliphatic heterocycles. The van der Waals surface area contributed by atoms with Gasteiger partial charge in [0, 0.05) is 21.0 Å². The van der Waals surface area contributed by atoms with Crippen molar-refractivity contribution in [2.75, 3.05) is 13.6 Å². The molecule has 1 aliphatic carbocycles. The van der Waals surface area contributed by atoms with Crippen molar-refractivity contribution in [1.82, 2.24) is 24.9 Å². The quantitative estimate of drug-likeness (QED) is 0.609. The maximum Gasteiger partial charge on any atom is 0.410 e. The van der Waals surface area contributed by atoms with Crippen LogP contribution in [0.15, 0.2) is 12.1 Å². The molecule has 0 radical (unpaired) electrons. The fourth-order valence-electron chi connectivity index (χ4n) is 3.92. The summed E-state index contributed by atoms with van der Waals surface area (Å²) in [5, 5.41) is 17.3. The Bertz CT molecular complexity index is 1040. The molecule has 0 saturated heterocycles. The molecule has 2 aromatic heterocycles. The molecule has 0 unspecified atom stereocenters. The fourth-order valence-corrected chi connectivity index (χ4v) is 3.92. The minimum absolute atomic E-state index is 0.194. The van der Waals surface area contributed by atoms with E-state index in [1.54, 1.807) is 26.1 Å². The van der Waals surface area contributed by atoms with E-state index in [1.807, 2.05) is 0 Å². The molecule has 10 nitrogen and oxygen atoms in total. The van der Waals surface area contributed by atoms with Crippen molar-refractivity contribution in [3.05, 3.63) is 23.5 Å². The zero-order chi connectivity index (χ0) is 25.0. The lowest BCUT2D eigenvalue weighted by Gasteiger charge is -2.27. The number of hydrogen-bond donors (Lipinski definition) is 1. The molecule has 1 saturated carbocycles. The van der Waals surface area contributed by atoms with E-state index in [0.29, 0.717) is 41.4 Å². The molecule has 1 N–H and O–H groups in total. The summed E-state index contributed by atoms with van der Waals surface area (Å²) < 4.78 is 38.9. The number of halogens is 2. The Labute approximate surface area is 195 Å². The van der Waals surface area contributed by atoms with Gasteiger partial charge in [-0.1, -0.05) is 5.21 Å². The molecule has 2 atom stereocenters. The number of carbonyl (C=O) groups excluding carboxylic acids is 1. The van der Waals surface area contributed by atoms with Gasteiger partial charge in [-0.15, -0.1) is 5.10 Å². The largest absolute Gasteiger partial charge is 0.489 e. The zero-order valence-corrected chi connectivity index (χ0v) is 19.6. The highest BCUT2D eigenvalue weighted by Gasteiger charge is 2.29. The summed E-state index contributed by atoms with van der Waals surface area (Å²) in [6.45, 7) is 1.50. The number of rotatable bonds is 8. The van der Waals surface area contributed by atoms with E-state index < -0.39 is 30.4 Å². The van der Waals surface area contributed by atoms with Crippen molar-refractivity contribution in [2.45, 2.75) is 58.2 Å². The number of alkyl halides is 2. The van der Waals surface area contributed by atoms with Crippen LogP contribution < -0.4 is 4.74 Å². The molecule has 1 fully saturated rings. The Morgan fingerprint density at radius 3 is 2.71 bits per heavy atom. The second kappa shape index (κ2) is 10.3. The number of ether oxygens (including phenoxy) is 2. The summed E-state index contributed by atoms with van der Waals surface area (Å²) in [7, 11) is 2.85. The summed E-state index contributed by atoms with van der Waals surface area (Å²) in [6.07, 6.45) is 1.59. The van der Waals surface area contributed by atoms with Gasteiger partial charge in [0.15, 0.2) is 0 Å². The van der Waals surface area contributed by atoms with Gasteiger partial charge in [-0.25, -0.2) is 23.2 Å². The maximum absolute atomic E-state index is 13.2. The number of pyridine rings is 1. The standard InChI is InChI=1S/C22H29F2N5O5/c1-13-18(34-15-7-5-6-14(10-15)20(30)31)9-8-16(25-13)19-17(29(4)27-26-19)11-33-21(32)28(3)12-22(2,23)24/h8-9,14-15H,5-7,10-12H2,1-4H3,(H,30,31)/t14-,15-/m0/s1. The Hall–Kier alpha value is -3.31. The van der Waals surface area contributed by atoms with E-state index in [1.165, 1.54) is 11.7 Å². The first kappa shape index (κ1) is 25.3. The molecule has 34 heavy (non-hydrogen) atoms. The third kappa shape index (κ3) is 6.39. The van der Waals surface area contributed by atoms with E-state index in [9.17, 15) is 23.5 Å². The molecule has 1 amide bonds. The van der Waals surface area contributed by atoms with Crippen molar-refractivity contribution in [1.29, 1.82) is 0 Å². The molecule has 2 heterocycles. The second-order valence-electron chi connectivity index (χ2n) is 8.71. The molecule has 0 bridgehead atoms. The van der Waals surface area contributed by atoms with Crippen LogP contribution in [0.3, 0.4) is 0 Å². The SMILES string of the molecule is Cc1nc(-c2nnn(C)c2COC(=O)N(C)CC(C)(F)F)ccc1O[C@H]1CCC[C@H](C(=O)O)C1. The third-order valence-corrected chi connectivity index (χ3v) is 5.65. The van der Waals surface area contributed by atoms with Crippen molar-refractivity contribution < 1.29 is 33.0 Å². The molecular weight excluding hydrogens is 452 g/mol. The lowest BCUT2D eigenvalue weighted by Crippen LogP contribution is -2.36. The minimum atomic E-state index is -3.04. The van der Waals surface area contributed by atoms with Crippen LogP contribution >= 0.6 is 0 Å². The monoisotopic (exact) mass is 481 g/mol. The van der Waals surface area contributed by atoms with Crippen molar-refractivity contribution in [2.24, 2.45) is 13.0 Å². The van der Waals surface area contributed by atoms with Crippen molar-refractivity contribution in [3.8, 4) is 17.1 Å². The fraction of sp³-hybridized carbons (Fsp3) is 0.591. The third-order valence-electron chi connectivity index (χ3n) is 5.65. The zero-order valence-electron chi connectivity index (χ0n) is 19.6. The van der Waals surface area contributed by atoms with Crippen molar-refractivity contribution in [3.63, 3.8) is 0 Å².